The van der Waals surface area contributed by atoms with E-state index in [2.05, 4.69) is 10.0 Å². The van der Waals surface area contributed by atoms with Crippen LogP contribution in [0.5, 0.6) is 11.5 Å². The SMILES string of the molecule is COc1cc(OC)c(NS(=O)(=O)c2cc(C(=O)NCc3cccc(F)c3)ccc2C)cc1Cl. The second-order valence-electron chi connectivity index (χ2n) is 7.09. The Balaban J connectivity index is 1.86. The maximum absolute atomic E-state index is 13.3. The summed E-state index contributed by atoms with van der Waals surface area (Å²) in [6, 6.07) is 13.0. The number of amides is 1. The minimum absolute atomic E-state index is 0.0881. The van der Waals surface area contributed by atoms with Crippen LogP contribution in [0.1, 0.15) is 21.5 Å². The van der Waals surface area contributed by atoms with E-state index in [9.17, 15) is 17.6 Å². The predicted molar refractivity (Wildman–Crippen MR) is 124 cm³/mol. The molecule has 0 aliphatic carbocycles. The van der Waals surface area contributed by atoms with Crippen LogP contribution in [0.2, 0.25) is 5.02 Å². The van der Waals surface area contributed by atoms with Gasteiger partial charge in [-0.15, -0.1) is 0 Å². The Bertz CT molecular complexity index is 1300. The second-order valence-corrected chi connectivity index (χ2v) is 9.14. The highest BCUT2D eigenvalue weighted by molar-refractivity contribution is 7.92. The van der Waals surface area contributed by atoms with Gasteiger partial charge in [0, 0.05) is 18.2 Å². The Labute approximate surface area is 196 Å². The molecule has 2 N–H and O–H groups in total. The highest BCUT2D eigenvalue weighted by Crippen LogP contribution is 2.37. The average Bonchev–Trinajstić information content (AvgIpc) is 2.77. The fourth-order valence-electron chi connectivity index (χ4n) is 3.10. The number of rotatable bonds is 8. The van der Waals surface area contributed by atoms with Crippen molar-refractivity contribution in [1.29, 1.82) is 0 Å². The largest absolute Gasteiger partial charge is 0.495 e. The van der Waals surface area contributed by atoms with Crippen molar-refractivity contribution in [2.24, 2.45) is 0 Å². The molecule has 7 nitrogen and oxygen atoms in total. The lowest BCUT2D eigenvalue weighted by Gasteiger charge is -2.16. The molecular weight excluding hydrogens is 471 g/mol. The van der Waals surface area contributed by atoms with Crippen LogP contribution in [0.3, 0.4) is 0 Å². The van der Waals surface area contributed by atoms with Crippen LogP contribution in [-0.4, -0.2) is 28.5 Å². The molecule has 0 radical (unpaired) electrons. The lowest BCUT2D eigenvalue weighted by atomic mass is 10.1. The van der Waals surface area contributed by atoms with E-state index in [4.69, 9.17) is 21.1 Å². The molecule has 3 rings (SSSR count). The first-order valence-corrected chi connectivity index (χ1v) is 11.6. The Kier molecular flexibility index (Phi) is 7.45. The van der Waals surface area contributed by atoms with Crippen LogP contribution in [-0.2, 0) is 16.6 Å². The minimum atomic E-state index is -4.10. The van der Waals surface area contributed by atoms with Gasteiger partial charge in [-0.05, 0) is 48.4 Å². The van der Waals surface area contributed by atoms with Crippen molar-refractivity contribution in [3.63, 3.8) is 0 Å². The number of carbonyl (C=O) groups excluding carboxylic acids is 1. The van der Waals surface area contributed by atoms with Gasteiger partial charge in [0.05, 0.1) is 29.8 Å². The number of anilines is 1. The van der Waals surface area contributed by atoms with E-state index in [1.165, 1.54) is 56.7 Å². The van der Waals surface area contributed by atoms with Crippen molar-refractivity contribution in [3.05, 3.63) is 82.1 Å². The summed E-state index contributed by atoms with van der Waals surface area (Å²) in [4.78, 5) is 12.5. The van der Waals surface area contributed by atoms with E-state index in [0.29, 0.717) is 16.9 Å². The molecule has 1 amide bonds. The summed E-state index contributed by atoms with van der Waals surface area (Å²) in [7, 11) is -1.29. The molecule has 0 saturated carbocycles. The van der Waals surface area contributed by atoms with Crippen LogP contribution >= 0.6 is 11.6 Å². The fraction of sp³-hybridized carbons (Fsp3) is 0.174. The molecule has 0 spiro atoms. The third kappa shape index (κ3) is 5.74. The number of halogens is 2. The zero-order valence-electron chi connectivity index (χ0n) is 18.1. The van der Waals surface area contributed by atoms with Crippen LogP contribution in [0, 0.1) is 12.7 Å². The summed E-state index contributed by atoms with van der Waals surface area (Å²) in [5.74, 6) is -0.377. The summed E-state index contributed by atoms with van der Waals surface area (Å²) >= 11 is 6.13. The molecule has 0 atom stereocenters. The zero-order chi connectivity index (χ0) is 24.2. The van der Waals surface area contributed by atoms with E-state index in [1.807, 2.05) is 0 Å². The minimum Gasteiger partial charge on any atom is -0.495 e. The summed E-state index contributed by atoms with van der Waals surface area (Å²) < 4.78 is 52.4. The fourth-order valence-corrected chi connectivity index (χ4v) is 4.68. The highest BCUT2D eigenvalue weighted by Gasteiger charge is 2.22. The topological polar surface area (TPSA) is 93.7 Å². The molecule has 0 fully saturated rings. The third-order valence-corrected chi connectivity index (χ3v) is 6.60. The van der Waals surface area contributed by atoms with Gasteiger partial charge in [-0.3, -0.25) is 9.52 Å². The molecule has 0 bridgehead atoms. The first-order valence-electron chi connectivity index (χ1n) is 9.72. The third-order valence-electron chi connectivity index (χ3n) is 4.80. The van der Waals surface area contributed by atoms with Crippen LogP contribution in [0.25, 0.3) is 0 Å². The first-order chi connectivity index (χ1) is 15.6. The van der Waals surface area contributed by atoms with Gasteiger partial charge in [0.15, 0.2) is 0 Å². The molecule has 0 unspecified atom stereocenters. The van der Waals surface area contributed by atoms with E-state index >= 15 is 0 Å². The van der Waals surface area contributed by atoms with Crippen molar-refractivity contribution >= 4 is 33.2 Å². The molecule has 0 aromatic heterocycles. The van der Waals surface area contributed by atoms with Crippen molar-refractivity contribution in [2.75, 3.05) is 18.9 Å². The number of methoxy groups -OCH3 is 2. The Morgan fingerprint density at radius 1 is 1.03 bits per heavy atom. The van der Waals surface area contributed by atoms with Gasteiger partial charge in [0.2, 0.25) is 0 Å². The number of benzene rings is 3. The number of sulfonamides is 1. The zero-order valence-corrected chi connectivity index (χ0v) is 19.7. The van der Waals surface area contributed by atoms with Gasteiger partial charge in [-0.1, -0.05) is 29.8 Å². The molecule has 174 valence electrons. The lowest BCUT2D eigenvalue weighted by molar-refractivity contribution is 0.0950. The van der Waals surface area contributed by atoms with E-state index in [0.717, 1.165) is 0 Å². The average molecular weight is 493 g/mol. The molecule has 0 aliphatic rings. The van der Waals surface area contributed by atoms with Gasteiger partial charge in [-0.25, -0.2) is 12.8 Å². The van der Waals surface area contributed by atoms with Gasteiger partial charge in [-0.2, -0.15) is 0 Å². The van der Waals surface area contributed by atoms with Crippen LogP contribution < -0.4 is 19.5 Å². The van der Waals surface area contributed by atoms with Gasteiger partial charge in [0.25, 0.3) is 15.9 Å². The maximum atomic E-state index is 13.3. The van der Waals surface area contributed by atoms with Crippen molar-refractivity contribution in [1.82, 2.24) is 5.32 Å². The number of hydrogen-bond acceptors (Lipinski definition) is 5. The lowest BCUT2D eigenvalue weighted by Crippen LogP contribution is -2.23. The number of aryl methyl sites for hydroxylation is 1. The quantitative estimate of drug-likeness (QED) is 0.481. The molecule has 3 aromatic carbocycles. The van der Waals surface area contributed by atoms with Gasteiger partial charge in [0.1, 0.15) is 17.3 Å². The molecule has 0 aliphatic heterocycles. The molecular formula is C23H22ClFN2O5S. The molecule has 3 aromatic rings. The number of nitrogens with one attached hydrogen (secondary N) is 2. The summed E-state index contributed by atoms with van der Waals surface area (Å²) in [5, 5.41) is 2.85. The van der Waals surface area contributed by atoms with Crippen LogP contribution in [0.4, 0.5) is 10.1 Å². The molecule has 0 saturated heterocycles. The number of carbonyl (C=O) groups is 1. The molecule has 0 heterocycles. The van der Waals surface area contributed by atoms with E-state index in [-0.39, 0.29) is 33.5 Å². The van der Waals surface area contributed by atoms with E-state index < -0.39 is 21.7 Å². The monoisotopic (exact) mass is 492 g/mol. The second kappa shape index (κ2) is 10.1. The highest BCUT2D eigenvalue weighted by atomic mass is 35.5. The Morgan fingerprint density at radius 3 is 2.42 bits per heavy atom. The summed E-state index contributed by atoms with van der Waals surface area (Å²) in [6.45, 7) is 1.70. The van der Waals surface area contributed by atoms with Gasteiger partial charge >= 0.3 is 0 Å². The predicted octanol–water partition coefficient (Wildman–Crippen LogP) is 4.54. The van der Waals surface area contributed by atoms with Gasteiger partial charge < -0.3 is 14.8 Å². The summed E-state index contributed by atoms with van der Waals surface area (Å²) in [5.41, 5.74) is 1.26. The Hall–Kier alpha value is -3.30. The first kappa shape index (κ1) is 24.3. The molecule has 33 heavy (non-hydrogen) atoms. The van der Waals surface area contributed by atoms with E-state index in [1.54, 1.807) is 19.1 Å². The Morgan fingerprint density at radius 2 is 1.76 bits per heavy atom. The standard InChI is InChI=1S/C23H22ClFN2O5S/c1-14-7-8-16(23(28)26-13-15-5-4-6-17(25)9-15)10-22(14)33(29,30)27-19-11-18(24)20(31-2)12-21(19)32-3/h4-12,27H,13H2,1-3H3,(H,26,28). The summed E-state index contributed by atoms with van der Waals surface area (Å²) in [6.07, 6.45) is 0. The molecule has 10 heteroatoms. The van der Waals surface area contributed by atoms with Crippen molar-refractivity contribution in [2.45, 2.75) is 18.4 Å². The maximum Gasteiger partial charge on any atom is 0.262 e. The van der Waals surface area contributed by atoms with Crippen LogP contribution in [0.15, 0.2) is 59.5 Å². The van der Waals surface area contributed by atoms with Crippen molar-refractivity contribution < 1.29 is 27.1 Å². The number of hydrogen-bond donors (Lipinski definition) is 2. The normalized spacial score (nSPS) is 11.1. The number of ether oxygens (including phenoxy) is 2. The smallest absolute Gasteiger partial charge is 0.262 e. The van der Waals surface area contributed by atoms with Crippen molar-refractivity contribution in [3.8, 4) is 11.5 Å².